The number of nitrogens with zero attached hydrogens (tertiary/aromatic N) is 2. The third kappa shape index (κ3) is 2.98. The quantitative estimate of drug-likeness (QED) is 0.913. The third-order valence-corrected chi connectivity index (χ3v) is 4.12. The molecule has 2 heterocycles. The van der Waals surface area contributed by atoms with Crippen LogP contribution in [0.5, 0.6) is 0 Å². The number of aryl methyl sites for hydroxylation is 1. The minimum Gasteiger partial charge on any atom is -0.383 e. The molecule has 4 nitrogen and oxygen atoms in total. The van der Waals surface area contributed by atoms with E-state index in [2.05, 4.69) is 54.1 Å². The van der Waals surface area contributed by atoms with Crippen molar-refractivity contribution in [2.45, 2.75) is 26.8 Å². The van der Waals surface area contributed by atoms with Crippen LogP contribution in [0.1, 0.15) is 18.3 Å². The van der Waals surface area contributed by atoms with Crippen molar-refractivity contribution in [1.82, 2.24) is 9.55 Å². The summed E-state index contributed by atoms with van der Waals surface area (Å²) in [5.74, 6) is 0. The maximum atomic E-state index is 5.12. The summed E-state index contributed by atoms with van der Waals surface area (Å²) in [5.41, 5.74) is 4.75. The molecule has 5 heteroatoms. The smallest absolute Gasteiger partial charge is 0.183 e. The zero-order chi connectivity index (χ0) is 14.0. The zero-order valence-electron chi connectivity index (χ0n) is 12.2. The van der Waals surface area contributed by atoms with Crippen LogP contribution >= 0.6 is 11.3 Å². The maximum Gasteiger partial charge on any atom is 0.183 e. The van der Waals surface area contributed by atoms with Gasteiger partial charge in [-0.15, -0.1) is 11.3 Å². The summed E-state index contributed by atoms with van der Waals surface area (Å²) in [6.07, 6.45) is 0. The number of ether oxygens (including phenoxy) is 1. The average molecular weight is 279 g/mol. The van der Waals surface area contributed by atoms with E-state index in [1.54, 1.807) is 18.4 Å². The molecule has 2 aromatic heterocycles. The molecule has 0 spiro atoms. The van der Waals surface area contributed by atoms with Gasteiger partial charge in [0.2, 0.25) is 0 Å². The summed E-state index contributed by atoms with van der Waals surface area (Å²) in [5, 5.41) is 6.40. The topological polar surface area (TPSA) is 39.1 Å². The molecule has 1 atom stereocenters. The van der Waals surface area contributed by atoms with Gasteiger partial charge in [0.15, 0.2) is 5.13 Å². The van der Waals surface area contributed by atoms with Gasteiger partial charge in [-0.3, -0.25) is 0 Å². The van der Waals surface area contributed by atoms with Crippen LogP contribution in [0.25, 0.3) is 11.3 Å². The molecule has 0 unspecified atom stereocenters. The van der Waals surface area contributed by atoms with Crippen molar-refractivity contribution >= 4 is 16.5 Å². The molecule has 0 fully saturated rings. The summed E-state index contributed by atoms with van der Waals surface area (Å²) in [6.45, 7) is 7.01. The first kappa shape index (κ1) is 14.1. The summed E-state index contributed by atoms with van der Waals surface area (Å²) in [7, 11) is 3.79. The molecule has 0 aromatic carbocycles. The maximum absolute atomic E-state index is 5.12. The molecule has 0 saturated carbocycles. The zero-order valence-corrected chi connectivity index (χ0v) is 13.0. The number of aromatic nitrogens is 2. The molecule has 0 aliphatic heterocycles. The Balaban J connectivity index is 2.19. The minimum absolute atomic E-state index is 0.266. The van der Waals surface area contributed by atoms with Gasteiger partial charge >= 0.3 is 0 Å². The highest BCUT2D eigenvalue weighted by Crippen LogP contribution is 2.29. The van der Waals surface area contributed by atoms with Crippen LogP contribution in [-0.2, 0) is 11.8 Å². The van der Waals surface area contributed by atoms with Crippen LogP contribution in [0.3, 0.4) is 0 Å². The normalized spacial score (nSPS) is 12.7. The van der Waals surface area contributed by atoms with Gasteiger partial charge < -0.3 is 14.6 Å². The molecule has 1 N–H and O–H groups in total. The van der Waals surface area contributed by atoms with Crippen molar-refractivity contribution in [3.63, 3.8) is 0 Å². The van der Waals surface area contributed by atoms with Crippen LogP contribution in [0.4, 0.5) is 5.13 Å². The Bertz CT molecular complexity index is 559. The number of thiazole rings is 1. The van der Waals surface area contributed by atoms with Crippen molar-refractivity contribution in [3.8, 4) is 11.3 Å². The van der Waals surface area contributed by atoms with Crippen LogP contribution in [-0.4, -0.2) is 29.3 Å². The highest BCUT2D eigenvalue weighted by atomic mass is 32.1. The Hall–Kier alpha value is -1.33. The Morgan fingerprint density at radius 2 is 2.21 bits per heavy atom. The van der Waals surface area contributed by atoms with Gasteiger partial charge in [-0.05, 0) is 26.8 Å². The molecule has 0 bridgehead atoms. The summed E-state index contributed by atoms with van der Waals surface area (Å²) >= 11 is 1.64. The second kappa shape index (κ2) is 5.75. The first-order chi connectivity index (χ1) is 9.02. The van der Waals surface area contributed by atoms with Gasteiger partial charge in [-0.2, -0.15) is 0 Å². The molecule has 104 valence electrons. The highest BCUT2D eigenvalue weighted by molar-refractivity contribution is 7.14. The fourth-order valence-corrected chi connectivity index (χ4v) is 2.90. The lowest BCUT2D eigenvalue weighted by Gasteiger charge is -2.10. The monoisotopic (exact) mass is 279 g/mol. The molecule has 0 amide bonds. The Kier molecular flexibility index (Phi) is 4.27. The second-order valence-electron chi connectivity index (χ2n) is 4.88. The van der Waals surface area contributed by atoms with Gasteiger partial charge in [0.1, 0.15) is 0 Å². The average Bonchev–Trinajstić information content (AvgIpc) is 2.90. The highest BCUT2D eigenvalue weighted by Gasteiger charge is 2.12. The van der Waals surface area contributed by atoms with Crippen LogP contribution in [0, 0.1) is 13.8 Å². The van der Waals surface area contributed by atoms with Gasteiger partial charge in [0.05, 0.1) is 12.3 Å². The Morgan fingerprint density at radius 3 is 2.79 bits per heavy atom. The number of anilines is 1. The van der Waals surface area contributed by atoms with E-state index in [0.29, 0.717) is 6.61 Å². The third-order valence-electron chi connectivity index (χ3n) is 3.34. The summed E-state index contributed by atoms with van der Waals surface area (Å²) in [4.78, 5) is 4.66. The van der Waals surface area contributed by atoms with Crippen LogP contribution < -0.4 is 5.32 Å². The van der Waals surface area contributed by atoms with E-state index in [1.807, 2.05) is 0 Å². The first-order valence-electron chi connectivity index (χ1n) is 6.37. The SMILES string of the molecule is COC[C@@H](C)Nc1nc(-c2cc(C)n(C)c2C)cs1. The van der Waals surface area contributed by atoms with Gasteiger partial charge in [-0.25, -0.2) is 4.98 Å². The fourth-order valence-electron chi connectivity index (χ4n) is 2.08. The van der Waals surface area contributed by atoms with Gasteiger partial charge in [-0.1, -0.05) is 0 Å². The summed E-state index contributed by atoms with van der Waals surface area (Å²) < 4.78 is 7.31. The number of methoxy groups -OCH3 is 1. The summed E-state index contributed by atoms with van der Waals surface area (Å²) in [6, 6.07) is 2.45. The van der Waals surface area contributed by atoms with Crippen molar-refractivity contribution in [2.24, 2.45) is 7.05 Å². The van der Waals surface area contributed by atoms with E-state index >= 15 is 0 Å². The fraction of sp³-hybridized carbons (Fsp3) is 0.500. The number of rotatable bonds is 5. The van der Waals surface area contributed by atoms with Crippen molar-refractivity contribution in [3.05, 3.63) is 22.8 Å². The van der Waals surface area contributed by atoms with Crippen LogP contribution in [0.15, 0.2) is 11.4 Å². The first-order valence-corrected chi connectivity index (χ1v) is 7.25. The van der Waals surface area contributed by atoms with E-state index in [4.69, 9.17) is 4.74 Å². The number of nitrogens with one attached hydrogen (secondary N) is 1. The van der Waals surface area contributed by atoms with E-state index < -0.39 is 0 Å². The number of hydrogen-bond acceptors (Lipinski definition) is 4. The van der Waals surface area contributed by atoms with Crippen molar-refractivity contribution in [1.29, 1.82) is 0 Å². The standard InChI is InChI=1S/C14H21N3OS/c1-9(7-18-5)15-14-16-13(8-19-14)12-6-10(2)17(4)11(12)3/h6,8-9H,7H2,1-5H3,(H,15,16)/t9-/m1/s1. The molecule has 0 aliphatic rings. The molecule has 0 saturated heterocycles. The van der Waals surface area contributed by atoms with Crippen molar-refractivity contribution < 1.29 is 4.74 Å². The van der Waals surface area contributed by atoms with E-state index in [9.17, 15) is 0 Å². The predicted molar refractivity (Wildman–Crippen MR) is 81.0 cm³/mol. The lowest BCUT2D eigenvalue weighted by atomic mass is 10.2. The predicted octanol–water partition coefficient (Wildman–Crippen LogP) is 3.21. The van der Waals surface area contributed by atoms with E-state index in [-0.39, 0.29) is 6.04 Å². The Labute approximate surface area is 118 Å². The van der Waals surface area contributed by atoms with Crippen LogP contribution in [0.2, 0.25) is 0 Å². The van der Waals surface area contributed by atoms with Gasteiger partial charge in [0, 0.05) is 42.5 Å². The van der Waals surface area contributed by atoms with E-state index in [0.717, 1.165) is 10.8 Å². The molecule has 2 rings (SSSR count). The molecular weight excluding hydrogens is 258 g/mol. The minimum atomic E-state index is 0.266. The number of hydrogen-bond donors (Lipinski definition) is 1. The molecule has 2 aromatic rings. The lowest BCUT2D eigenvalue weighted by Crippen LogP contribution is -2.20. The van der Waals surface area contributed by atoms with Gasteiger partial charge in [0.25, 0.3) is 0 Å². The molecule has 0 radical (unpaired) electrons. The molecular formula is C14H21N3OS. The lowest BCUT2D eigenvalue weighted by molar-refractivity contribution is 0.190. The second-order valence-corrected chi connectivity index (χ2v) is 5.74. The van der Waals surface area contributed by atoms with E-state index in [1.165, 1.54) is 17.0 Å². The largest absolute Gasteiger partial charge is 0.383 e. The van der Waals surface area contributed by atoms with Crippen molar-refractivity contribution in [2.75, 3.05) is 19.0 Å². The molecule has 0 aliphatic carbocycles. The Morgan fingerprint density at radius 1 is 1.47 bits per heavy atom. The molecule has 19 heavy (non-hydrogen) atoms.